The smallest absolute Gasteiger partial charge is 0.226 e. The summed E-state index contributed by atoms with van der Waals surface area (Å²) in [5.74, 6) is 1.20. The zero-order chi connectivity index (χ0) is 18.1. The molecule has 7 nitrogen and oxygen atoms in total. The summed E-state index contributed by atoms with van der Waals surface area (Å²) < 4.78 is 7.28. The summed E-state index contributed by atoms with van der Waals surface area (Å²) >= 11 is 0. The molecule has 1 fully saturated rings. The van der Waals surface area contributed by atoms with Crippen LogP contribution in [0.3, 0.4) is 0 Å². The molecule has 2 aromatic heterocycles. The minimum absolute atomic E-state index is 0.0487. The van der Waals surface area contributed by atoms with Crippen LogP contribution in [0.5, 0.6) is 0 Å². The van der Waals surface area contributed by atoms with Gasteiger partial charge in [-0.15, -0.1) is 0 Å². The Hall–Kier alpha value is -2.57. The zero-order valence-corrected chi connectivity index (χ0v) is 15.0. The Morgan fingerprint density at radius 1 is 1.40 bits per heavy atom. The van der Waals surface area contributed by atoms with Gasteiger partial charge in [-0.1, -0.05) is 0 Å². The van der Waals surface area contributed by atoms with E-state index in [4.69, 9.17) is 4.42 Å². The van der Waals surface area contributed by atoms with E-state index in [0.29, 0.717) is 12.8 Å². The summed E-state index contributed by atoms with van der Waals surface area (Å²) in [4.78, 5) is 26.7. The molecule has 0 aliphatic carbocycles. The van der Waals surface area contributed by atoms with Gasteiger partial charge in [-0.05, 0) is 32.4 Å². The molecule has 0 radical (unpaired) electrons. The van der Waals surface area contributed by atoms with Crippen LogP contribution in [0.4, 0.5) is 0 Å². The number of amides is 2. The first-order chi connectivity index (χ1) is 11.9. The van der Waals surface area contributed by atoms with Gasteiger partial charge in [0.2, 0.25) is 11.8 Å². The van der Waals surface area contributed by atoms with E-state index in [0.717, 1.165) is 17.1 Å². The number of hydrogen-bond acceptors (Lipinski definition) is 4. The molecule has 3 atom stereocenters. The number of carbonyl (C=O) groups excluding carboxylic acids is 2. The second-order valence-corrected chi connectivity index (χ2v) is 6.72. The number of likely N-dealkylation sites (tertiary alicyclic amines) is 1. The van der Waals surface area contributed by atoms with Gasteiger partial charge in [-0.25, -0.2) is 0 Å². The van der Waals surface area contributed by atoms with Gasteiger partial charge in [0.25, 0.3) is 0 Å². The van der Waals surface area contributed by atoms with Crippen LogP contribution in [0.1, 0.15) is 48.9 Å². The number of aromatic nitrogens is 2. The van der Waals surface area contributed by atoms with Crippen LogP contribution < -0.4 is 5.32 Å². The van der Waals surface area contributed by atoms with Crippen molar-refractivity contribution < 1.29 is 14.0 Å². The molecule has 2 amide bonds. The SMILES string of the molecule is Cc1ccc([C@H](C)NC(=O)[C@H]2CCC(=O)N(C)[C@@H]2c2cnn(C)c2)o1. The number of nitrogens with one attached hydrogen (secondary N) is 1. The van der Waals surface area contributed by atoms with Gasteiger partial charge in [-0.2, -0.15) is 5.10 Å². The maximum absolute atomic E-state index is 12.9. The number of piperidine rings is 1. The van der Waals surface area contributed by atoms with Crippen LogP contribution in [0.25, 0.3) is 0 Å². The highest BCUT2D eigenvalue weighted by atomic mass is 16.3. The molecule has 1 aliphatic rings. The van der Waals surface area contributed by atoms with Crippen molar-refractivity contribution in [2.24, 2.45) is 13.0 Å². The van der Waals surface area contributed by atoms with Gasteiger partial charge in [-0.3, -0.25) is 14.3 Å². The lowest BCUT2D eigenvalue weighted by molar-refractivity contribution is -0.141. The topological polar surface area (TPSA) is 80.4 Å². The Balaban J connectivity index is 1.80. The third-order valence-corrected chi connectivity index (χ3v) is 4.81. The van der Waals surface area contributed by atoms with E-state index in [1.807, 2.05) is 39.2 Å². The van der Waals surface area contributed by atoms with E-state index in [-0.39, 0.29) is 29.8 Å². The molecule has 7 heteroatoms. The summed E-state index contributed by atoms with van der Waals surface area (Å²) in [5.41, 5.74) is 0.875. The summed E-state index contributed by atoms with van der Waals surface area (Å²) in [7, 11) is 3.57. The maximum Gasteiger partial charge on any atom is 0.226 e. The lowest BCUT2D eigenvalue weighted by Crippen LogP contribution is -2.46. The van der Waals surface area contributed by atoms with Crippen LogP contribution in [0.15, 0.2) is 28.9 Å². The molecule has 0 bridgehead atoms. The van der Waals surface area contributed by atoms with E-state index in [2.05, 4.69) is 10.4 Å². The third-order valence-electron chi connectivity index (χ3n) is 4.81. The van der Waals surface area contributed by atoms with Gasteiger partial charge >= 0.3 is 0 Å². The number of carbonyl (C=O) groups is 2. The molecule has 0 aromatic carbocycles. The second kappa shape index (κ2) is 6.74. The molecule has 0 spiro atoms. The Labute approximate surface area is 147 Å². The first kappa shape index (κ1) is 17.3. The molecule has 134 valence electrons. The molecule has 0 unspecified atom stereocenters. The van der Waals surface area contributed by atoms with Crippen molar-refractivity contribution in [1.29, 1.82) is 0 Å². The molecule has 1 N–H and O–H groups in total. The predicted octanol–water partition coefficient (Wildman–Crippen LogP) is 2.11. The highest BCUT2D eigenvalue weighted by Gasteiger charge is 2.39. The highest BCUT2D eigenvalue weighted by molar-refractivity contribution is 5.85. The standard InChI is InChI=1S/C18H24N4O3/c1-11-5-7-15(25-11)12(2)20-18(24)14-6-8-16(23)22(4)17(14)13-9-19-21(3)10-13/h5,7,9-10,12,14,17H,6,8H2,1-4H3,(H,20,24)/t12-,14-,17+/m0/s1. The zero-order valence-electron chi connectivity index (χ0n) is 15.0. The van der Waals surface area contributed by atoms with E-state index in [9.17, 15) is 9.59 Å². The van der Waals surface area contributed by atoms with Crippen molar-refractivity contribution in [3.05, 3.63) is 41.6 Å². The predicted molar refractivity (Wildman–Crippen MR) is 91.4 cm³/mol. The number of furan rings is 1. The van der Waals surface area contributed by atoms with Crippen LogP contribution in [-0.2, 0) is 16.6 Å². The molecule has 25 heavy (non-hydrogen) atoms. The average Bonchev–Trinajstić information content (AvgIpc) is 3.18. The summed E-state index contributed by atoms with van der Waals surface area (Å²) in [6.45, 7) is 3.77. The van der Waals surface area contributed by atoms with Gasteiger partial charge in [0.1, 0.15) is 11.5 Å². The van der Waals surface area contributed by atoms with Crippen molar-refractivity contribution in [3.8, 4) is 0 Å². The minimum atomic E-state index is -0.314. The Kier molecular flexibility index (Phi) is 4.65. The van der Waals surface area contributed by atoms with Crippen LogP contribution in [0, 0.1) is 12.8 Å². The van der Waals surface area contributed by atoms with Gasteiger partial charge in [0.15, 0.2) is 0 Å². The Morgan fingerprint density at radius 2 is 2.16 bits per heavy atom. The van der Waals surface area contributed by atoms with Crippen LogP contribution >= 0.6 is 0 Å². The summed E-state index contributed by atoms with van der Waals surface area (Å²) in [6, 6.07) is 3.22. The molecule has 3 rings (SSSR count). The fourth-order valence-electron chi connectivity index (χ4n) is 3.44. The van der Waals surface area contributed by atoms with E-state index in [1.54, 1.807) is 22.8 Å². The Bertz CT molecular complexity index is 779. The average molecular weight is 344 g/mol. The number of aryl methyl sites for hydroxylation is 2. The lowest BCUT2D eigenvalue weighted by Gasteiger charge is -2.38. The number of rotatable bonds is 4. The first-order valence-corrected chi connectivity index (χ1v) is 8.47. The molecule has 2 aromatic rings. The van der Waals surface area contributed by atoms with Crippen molar-refractivity contribution in [2.45, 2.75) is 38.8 Å². The van der Waals surface area contributed by atoms with Gasteiger partial charge < -0.3 is 14.6 Å². The molecule has 0 saturated carbocycles. The fourth-order valence-corrected chi connectivity index (χ4v) is 3.44. The quantitative estimate of drug-likeness (QED) is 0.921. The number of hydrogen-bond donors (Lipinski definition) is 1. The van der Waals surface area contributed by atoms with Crippen molar-refractivity contribution in [3.63, 3.8) is 0 Å². The molecule has 3 heterocycles. The second-order valence-electron chi connectivity index (χ2n) is 6.72. The minimum Gasteiger partial charge on any atom is -0.464 e. The first-order valence-electron chi connectivity index (χ1n) is 8.47. The monoisotopic (exact) mass is 344 g/mol. The third kappa shape index (κ3) is 3.45. The molecular formula is C18H24N4O3. The van der Waals surface area contributed by atoms with Gasteiger partial charge in [0, 0.05) is 32.3 Å². The summed E-state index contributed by atoms with van der Waals surface area (Å²) in [5, 5.41) is 7.21. The highest BCUT2D eigenvalue weighted by Crippen LogP contribution is 2.36. The molecule has 1 saturated heterocycles. The van der Waals surface area contributed by atoms with E-state index < -0.39 is 0 Å². The number of nitrogens with zero attached hydrogens (tertiary/aromatic N) is 3. The van der Waals surface area contributed by atoms with Crippen LogP contribution in [-0.4, -0.2) is 33.5 Å². The van der Waals surface area contributed by atoms with Crippen molar-refractivity contribution in [2.75, 3.05) is 7.05 Å². The lowest BCUT2D eigenvalue weighted by atomic mass is 9.85. The van der Waals surface area contributed by atoms with Crippen molar-refractivity contribution >= 4 is 11.8 Å². The normalized spacial score (nSPS) is 22.1. The fraction of sp³-hybridized carbons (Fsp3) is 0.500. The van der Waals surface area contributed by atoms with Crippen LogP contribution in [0.2, 0.25) is 0 Å². The van der Waals surface area contributed by atoms with E-state index in [1.165, 1.54) is 0 Å². The Morgan fingerprint density at radius 3 is 2.76 bits per heavy atom. The van der Waals surface area contributed by atoms with E-state index >= 15 is 0 Å². The maximum atomic E-state index is 12.9. The summed E-state index contributed by atoms with van der Waals surface area (Å²) in [6.07, 6.45) is 4.48. The largest absolute Gasteiger partial charge is 0.464 e. The van der Waals surface area contributed by atoms with Gasteiger partial charge in [0.05, 0.1) is 24.2 Å². The van der Waals surface area contributed by atoms with Crippen molar-refractivity contribution in [1.82, 2.24) is 20.0 Å². The molecular weight excluding hydrogens is 320 g/mol. The molecule has 1 aliphatic heterocycles.